The fraction of sp³-hybridized carbons (Fsp3) is 0.805. The van der Waals surface area contributed by atoms with Crippen LogP contribution < -0.4 is 5.32 Å². The number of fused-ring (bicyclic) bond motifs is 7. The lowest BCUT2D eigenvalue weighted by molar-refractivity contribution is -0.232. The molecule has 0 aliphatic heterocycles. The summed E-state index contributed by atoms with van der Waals surface area (Å²) in [6.07, 6.45) is 9.28. The fourth-order valence-electron chi connectivity index (χ4n) is 12.7. The van der Waals surface area contributed by atoms with Gasteiger partial charge in [0.1, 0.15) is 6.10 Å². The van der Waals surface area contributed by atoms with Gasteiger partial charge in [-0.3, -0.25) is 19.2 Å². The van der Waals surface area contributed by atoms with Crippen molar-refractivity contribution < 1.29 is 33.4 Å². The topological polar surface area (TPSA) is 149 Å². The normalized spacial score (nSPS) is 38.7. The van der Waals surface area contributed by atoms with Gasteiger partial charge in [-0.15, -0.1) is 10.2 Å². The number of rotatable bonds is 8. The quantitative estimate of drug-likeness (QED) is 0.258. The van der Waals surface area contributed by atoms with Crippen LogP contribution >= 0.6 is 0 Å². The van der Waals surface area contributed by atoms with Crippen molar-refractivity contribution in [3.8, 4) is 0 Å². The number of carbonyl (C=O) groups is 4. The summed E-state index contributed by atoms with van der Waals surface area (Å²) in [6, 6.07) is 0. The molecule has 0 spiro atoms. The molecule has 8 atom stereocenters. The number of carboxylic acids is 1. The van der Waals surface area contributed by atoms with E-state index in [1.807, 2.05) is 0 Å². The highest BCUT2D eigenvalue weighted by molar-refractivity contribution is 6.03. The fourth-order valence-corrected chi connectivity index (χ4v) is 12.7. The molecule has 2 N–H and O–H groups in total. The molecule has 280 valence electrons. The first-order valence-corrected chi connectivity index (χ1v) is 19.6. The van der Waals surface area contributed by atoms with Crippen LogP contribution in [0.2, 0.25) is 0 Å². The zero-order valence-corrected chi connectivity index (χ0v) is 32.2. The summed E-state index contributed by atoms with van der Waals surface area (Å²) < 4.78 is 12.0. The average Bonchev–Trinajstić information content (AvgIpc) is 3.67. The molecule has 5 fully saturated rings. The van der Waals surface area contributed by atoms with Gasteiger partial charge in [-0.2, -0.15) is 0 Å². The second kappa shape index (κ2) is 11.7. The van der Waals surface area contributed by atoms with Crippen LogP contribution in [-0.4, -0.2) is 50.6 Å². The number of hydrogen-bond donors (Lipinski definition) is 2. The van der Waals surface area contributed by atoms with Gasteiger partial charge in [-0.1, -0.05) is 48.5 Å². The first kappa shape index (κ1) is 36.3. The van der Waals surface area contributed by atoms with E-state index in [0.29, 0.717) is 24.1 Å². The SMILES string of the molecule is CC(C)C1=C2C3CCC4C5(C)CC[C@H](OC(=O)CC(C)(C)C(=O)O)C(C)(C)C5CCC4(C)[C@]3(C)CC[C@@]2(NC(=O)c2nnc(C3CC3)o2)CC1=O. The number of hydrogen-bond acceptors (Lipinski definition) is 8. The molecule has 6 aliphatic carbocycles. The van der Waals surface area contributed by atoms with Crippen LogP contribution in [0.15, 0.2) is 15.6 Å². The van der Waals surface area contributed by atoms with E-state index in [9.17, 15) is 24.3 Å². The Morgan fingerprint density at radius 3 is 2.27 bits per heavy atom. The van der Waals surface area contributed by atoms with Crippen LogP contribution in [0.25, 0.3) is 0 Å². The molecule has 5 saturated carbocycles. The Bertz CT molecular complexity index is 1690. The second-order valence-corrected chi connectivity index (χ2v) is 19.7. The van der Waals surface area contributed by atoms with Gasteiger partial charge in [0.25, 0.3) is 0 Å². The molecule has 0 saturated heterocycles. The molecule has 10 heteroatoms. The standard InChI is InChI=1S/C41H59N3O7/c1-22(2)30-25(45)20-41(42-32(47)34-44-43-33(51-34)23-10-11-23)19-18-39(8)24(31(30)41)12-13-27-38(7)16-15-28(50-29(46)21-36(3,4)35(48)49)37(5,6)26(38)14-17-40(27,39)9/h22-24,26-28H,10-21H2,1-9H3,(H,42,47)(H,48,49)/t24?,26?,27?,28-,38?,39+,40?,41+/m0/s1. The molecule has 0 radical (unpaired) electrons. The van der Waals surface area contributed by atoms with Crippen LogP contribution in [0.4, 0.5) is 0 Å². The minimum atomic E-state index is -1.17. The largest absolute Gasteiger partial charge is 0.481 e. The van der Waals surface area contributed by atoms with Crippen molar-refractivity contribution in [1.82, 2.24) is 15.5 Å². The summed E-state index contributed by atoms with van der Waals surface area (Å²) >= 11 is 0. The van der Waals surface area contributed by atoms with E-state index < -0.39 is 22.9 Å². The summed E-state index contributed by atoms with van der Waals surface area (Å²) in [5.41, 5.74) is -0.130. The Kier molecular flexibility index (Phi) is 8.35. The summed E-state index contributed by atoms with van der Waals surface area (Å²) in [7, 11) is 0. The van der Waals surface area contributed by atoms with Gasteiger partial charge in [0.15, 0.2) is 5.78 Å². The number of nitrogens with zero attached hydrogens (tertiary/aromatic N) is 2. The predicted molar refractivity (Wildman–Crippen MR) is 189 cm³/mol. The van der Waals surface area contributed by atoms with Gasteiger partial charge in [0.05, 0.1) is 17.4 Å². The highest BCUT2D eigenvalue weighted by atomic mass is 16.5. The molecule has 1 amide bonds. The van der Waals surface area contributed by atoms with Gasteiger partial charge < -0.3 is 19.6 Å². The number of ether oxygens (including phenoxy) is 1. The predicted octanol–water partition coefficient (Wildman–Crippen LogP) is 7.82. The number of ketones is 1. The van der Waals surface area contributed by atoms with Gasteiger partial charge in [-0.25, -0.2) is 0 Å². The van der Waals surface area contributed by atoms with E-state index in [1.165, 1.54) is 5.57 Å². The zero-order valence-electron chi connectivity index (χ0n) is 32.2. The number of esters is 1. The number of carbonyl (C=O) groups excluding carboxylic acids is 3. The number of aromatic nitrogens is 2. The van der Waals surface area contributed by atoms with Gasteiger partial charge >= 0.3 is 23.7 Å². The van der Waals surface area contributed by atoms with Crippen molar-refractivity contribution in [1.29, 1.82) is 0 Å². The lowest BCUT2D eigenvalue weighted by atomic mass is 9.33. The van der Waals surface area contributed by atoms with Gasteiger partial charge in [-0.05, 0) is 129 Å². The van der Waals surface area contributed by atoms with Crippen molar-refractivity contribution in [3.05, 3.63) is 22.9 Å². The Balaban J connectivity index is 1.17. The third kappa shape index (κ3) is 5.37. The molecule has 1 heterocycles. The summed E-state index contributed by atoms with van der Waals surface area (Å²) in [4.78, 5) is 52.5. The maximum absolute atomic E-state index is 14.0. The maximum atomic E-state index is 14.0. The molecule has 6 aliphatic rings. The van der Waals surface area contributed by atoms with Gasteiger partial charge in [0.2, 0.25) is 5.89 Å². The molecule has 0 bridgehead atoms. The van der Waals surface area contributed by atoms with Crippen molar-refractivity contribution in [3.63, 3.8) is 0 Å². The van der Waals surface area contributed by atoms with E-state index >= 15 is 0 Å². The highest BCUT2D eigenvalue weighted by Gasteiger charge is 2.70. The van der Waals surface area contributed by atoms with Crippen LogP contribution in [-0.2, 0) is 19.1 Å². The minimum Gasteiger partial charge on any atom is -0.481 e. The minimum absolute atomic E-state index is 0.00875. The summed E-state index contributed by atoms with van der Waals surface area (Å²) in [5.74, 6) is 0.129. The van der Waals surface area contributed by atoms with E-state index in [1.54, 1.807) is 13.8 Å². The Hall–Kier alpha value is -3.04. The van der Waals surface area contributed by atoms with Crippen LogP contribution in [0.5, 0.6) is 0 Å². The molecule has 0 aromatic carbocycles. The third-order valence-electron chi connectivity index (χ3n) is 15.7. The Labute approximate surface area is 302 Å². The monoisotopic (exact) mass is 705 g/mol. The number of allylic oxidation sites excluding steroid dienone is 1. The maximum Gasteiger partial charge on any atom is 0.309 e. The van der Waals surface area contributed by atoms with Crippen LogP contribution in [0.3, 0.4) is 0 Å². The zero-order chi connectivity index (χ0) is 37.1. The second-order valence-electron chi connectivity index (χ2n) is 19.7. The van der Waals surface area contributed by atoms with Crippen molar-refractivity contribution in [2.45, 2.75) is 157 Å². The van der Waals surface area contributed by atoms with Crippen LogP contribution in [0, 0.1) is 50.7 Å². The number of nitrogens with one attached hydrogen (secondary N) is 1. The first-order chi connectivity index (χ1) is 23.7. The molecule has 1 aromatic rings. The number of carboxylic acid groups (broad SMARTS) is 1. The van der Waals surface area contributed by atoms with E-state index in [-0.39, 0.29) is 75.9 Å². The molecule has 10 nitrogen and oxygen atoms in total. The van der Waals surface area contributed by atoms with Crippen molar-refractivity contribution in [2.24, 2.45) is 50.7 Å². The third-order valence-corrected chi connectivity index (χ3v) is 15.7. The van der Waals surface area contributed by atoms with Crippen molar-refractivity contribution >= 4 is 23.6 Å². The molecule has 51 heavy (non-hydrogen) atoms. The molecule has 1 aromatic heterocycles. The number of amides is 1. The Morgan fingerprint density at radius 2 is 1.63 bits per heavy atom. The smallest absolute Gasteiger partial charge is 0.309 e. The lowest BCUT2D eigenvalue weighted by Gasteiger charge is -2.72. The number of Topliss-reactive ketones (excluding diaryl/α,β-unsaturated/α-hetero) is 1. The number of aliphatic carboxylic acids is 1. The van der Waals surface area contributed by atoms with Crippen LogP contribution in [0.1, 0.15) is 162 Å². The highest BCUT2D eigenvalue weighted by Crippen LogP contribution is 2.76. The van der Waals surface area contributed by atoms with E-state index in [2.05, 4.69) is 64.0 Å². The van der Waals surface area contributed by atoms with Gasteiger partial charge in [0, 0.05) is 17.8 Å². The van der Waals surface area contributed by atoms with Crippen molar-refractivity contribution in [2.75, 3.05) is 0 Å². The van der Waals surface area contributed by atoms with E-state index in [4.69, 9.17) is 9.15 Å². The molecular weight excluding hydrogens is 646 g/mol. The molecular formula is C41H59N3O7. The summed E-state index contributed by atoms with van der Waals surface area (Å²) in [5, 5.41) is 21.2. The first-order valence-electron chi connectivity index (χ1n) is 19.6. The summed E-state index contributed by atoms with van der Waals surface area (Å²) in [6.45, 7) is 19.4. The molecule has 7 rings (SSSR count). The lowest BCUT2D eigenvalue weighted by Crippen LogP contribution is -2.67. The Morgan fingerprint density at radius 1 is 0.922 bits per heavy atom. The van der Waals surface area contributed by atoms with E-state index in [0.717, 1.165) is 63.4 Å². The average molecular weight is 706 g/mol. The molecule has 5 unspecified atom stereocenters.